The highest BCUT2D eigenvalue weighted by molar-refractivity contribution is 7.92. The number of hydrogen-bond acceptors (Lipinski definition) is 23. The van der Waals surface area contributed by atoms with Crippen LogP contribution in [0, 0.1) is 90.3 Å². The number of nitrogens with zero attached hydrogens (tertiary/aromatic N) is 10. The van der Waals surface area contributed by atoms with Gasteiger partial charge in [0.15, 0.2) is 0 Å². The van der Waals surface area contributed by atoms with Crippen LogP contribution < -0.4 is 33.7 Å². The van der Waals surface area contributed by atoms with Crippen LogP contribution in [0.2, 0.25) is 0 Å². The topological polar surface area (TPSA) is 369 Å². The third kappa shape index (κ3) is 26.2. The van der Waals surface area contributed by atoms with Crippen LogP contribution in [0.1, 0.15) is 153 Å². The van der Waals surface area contributed by atoms with E-state index in [0.717, 1.165) is 29.7 Å². The van der Waals surface area contributed by atoms with E-state index in [1.807, 2.05) is 72.7 Å². The van der Waals surface area contributed by atoms with Crippen LogP contribution in [-0.4, -0.2) is 139 Å². The first-order valence-electron chi connectivity index (χ1n) is 40.6. The number of nitrogens with one attached hydrogen (secondary N) is 1. The molecule has 0 bridgehead atoms. The molecule has 26 nitrogen and oxygen atoms in total. The summed E-state index contributed by atoms with van der Waals surface area (Å²) in [6, 6.07) is 54.6. The first-order chi connectivity index (χ1) is 58.9. The normalized spacial score (nSPS) is 14.5. The van der Waals surface area contributed by atoms with Gasteiger partial charge < -0.3 is 53.1 Å². The van der Waals surface area contributed by atoms with E-state index < -0.39 is 80.3 Å². The van der Waals surface area contributed by atoms with E-state index in [2.05, 4.69) is 63.6 Å². The molecule has 664 valence electrons. The number of likely N-dealkylation sites (tertiary alicyclic amines) is 2. The lowest BCUT2D eigenvalue weighted by Crippen LogP contribution is -2.51. The first kappa shape index (κ1) is 100. The second kappa shape index (κ2) is 43.2. The number of aromatic nitrogens is 2. The first-order valence-corrected chi connectivity index (χ1v) is 45.1. The number of carbonyl (C=O) groups excluding carboxylic acids is 2. The van der Waals surface area contributed by atoms with E-state index in [-0.39, 0.29) is 106 Å². The summed E-state index contributed by atoms with van der Waals surface area (Å²) in [7, 11) is -11.4. The largest absolute Gasteiger partial charge is 0.493 e. The van der Waals surface area contributed by atoms with Gasteiger partial charge in [-0.25, -0.2) is 31.8 Å². The second-order valence-corrected chi connectivity index (χ2v) is 39.9. The highest BCUT2D eigenvalue weighted by atomic mass is 32.2. The van der Waals surface area contributed by atoms with Crippen molar-refractivity contribution >= 4 is 41.3 Å². The van der Waals surface area contributed by atoms with Gasteiger partial charge >= 0.3 is 0 Å². The highest BCUT2D eigenvalue weighted by Gasteiger charge is 2.45. The van der Waals surface area contributed by atoms with Crippen molar-refractivity contribution in [2.75, 3.05) is 52.7 Å². The fourth-order valence-electron chi connectivity index (χ4n) is 13.6. The molecule has 4 heterocycles. The number of amides is 2. The van der Waals surface area contributed by atoms with Crippen molar-refractivity contribution in [3.8, 4) is 64.8 Å². The Bertz CT molecular complexity index is 5350. The van der Waals surface area contributed by atoms with Gasteiger partial charge in [0, 0.05) is 82.1 Å². The maximum atomic E-state index is 13.3. The van der Waals surface area contributed by atoms with Gasteiger partial charge in [0.2, 0.25) is 46.9 Å². The van der Waals surface area contributed by atoms with Crippen molar-refractivity contribution in [2.24, 2.45) is 27.1 Å². The average molecular weight is 1770 g/mol. The zero-order valence-corrected chi connectivity index (χ0v) is 75.6. The predicted molar refractivity (Wildman–Crippen MR) is 477 cm³/mol. The Balaban J connectivity index is 0.000000259. The van der Waals surface area contributed by atoms with Crippen molar-refractivity contribution in [2.45, 2.75) is 201 Å². The van der Waals surface area contributed by atoms with Crippen molar-refractivity contribution in [3.63, 3.8) is 0 Å². The van der Waals surface area contributed by atoms with Crippen LogP contribution >= 0.6 is 0 Å². The Kier molecular flexibility index (Phi) is 34.4. The molecule has 6 unspecified atom stereocenters. The minimum Gasteiger partial charge on any atom is -0.493 e. The number of pyridine rings is 2. The Morgan fingerprint density at radius 1 is 0.421 bits per heavy atom. The van der Waals surface area contributed by atoms with E-state index in [0.29, 0.717) is 66.2 Å². The summed E-state index contributed by atoms with van der Waals surface area (Å²) in [4.78, 5) is 40.6. The van der Waals surface area contributed by atoms with Crippen LogP contribution in [-0.2, 0) is 43.8 Å². The highest BCUT2D eigenvalue weighted by Crippen LogP contribution is 2.40. The van der Waals surface area contributed by atoms with E-state index in [1.54, 1.807) is 156 Å². The third-order valence-electron chi connectivity index (χ3n) is 22.0. The lowest BCUT2D eigenvalue weighted by molar-refractivity contribution is -0.132. The van der Waals surface area contributed by atoms with Gasteiger partial charge in [0.1, 0.15) is 73.1 Å². The van der Waals surface area contributed by atoms with Crippen molar-refractivity contribution in [3.05, 3.63) is 242 Å². The molecule has 0 radical (unpaired) electrons. The van der Waals surface area contributed by atoms with Gasteiger partial charge in [-0.3, -0.25) is 19.6 Å². The number of sulfone groups is 3. The van der Waals surface area contributed by atoms with Crippen LogP contribution in [0.25, 0.3) is 4.85 Å². The Labute approximate surface area is 743 Å². The summed E-state index contributed by atoms with van der Waals surface area (Å²) < 4.78 is 121. The van der Waals surface area contributed by atoms with Crippen molar-refractivity contribution in [1.82, 2.24) is 25.1 Å². The fraction of sp³-hybridized carbons (Fsp3) is 0.402. The van der Waals surface area contributed by atoms with Gasteiger partial charge in [-0.1, -0.05) is 20.6 Å². The molecule has 2 aliphatic heterocycles. The number of rotatable bonds is 38. The molecule has 126 heavy (non-hydrogen) atoms. The molecule has 2 saturated heterocycles. The molecule has 0 saturated carbocycles. The molecule has 1 N–H and O–H groups in total. The molecular weight excluding hydrogens is 1660 g/mol. The Morgan fingerprint density at radius 2 is 0.698 bits per heavy atom. The number of nitriles is 5. The zero-order valence-electron chi connectivity index (χ0n) is 73.2. The van der Waals surface area contributed by atoms with Crippen LogP contribution in [0.4, 0.5) is 0 Å². The minimum atomic E-state index is -3.83. The summed E-state index contributed by atoms with van der Waals surface area (Å²) in [5.74, 6) is 2.85. The van der Waals surface area contributed by atoms with Crippen molar-refractivity contribution < 1.29 is 68.0 Å². The minimum absolute atomic E-state index is 0. The summed E-state index contributed by atoms with van der Waals surface area (Å²) in [5.41, 5.74) is -1.95. The number of allylic oxidation sites excluding steroid dienone is 2. The number of benzene rings is 6. The Hall–Kier alpha value is -12.8. The molecule has 29 heteroatoms. The number of carbonyl (C=O) groups is 2. The lowest BCUT2D eigenvalue weighted by Gasteiger charge is -2.35. The van der Waals surface area contributed by atoms with Gasteiger partial charge in [-0.2, -0.15) is 26.3 Å². The van der Waals surface area contributed by atoms with Gasteiger partial charge in [-0.05, 0) is 277 Å². The summed E-state index contributed by atoms with van der Waals surface area (Å²) in [5, 5.41) is 51.2. The molecule has 6 aromatic carbocycles. The predicted octanol–water partition coefficient (Wildman–Crippen LogP) is 17.7. The molecule has 6 atom stereocenters. The van der Waals surface area contributed by atoms with Gasteiger partial charge in [0.05, 0.1) is 118 Å². The summed E-state index contributed by atoms with van der Waals surface area (Å²) >= 11 is 0. The van der Waals surface area contributed by atoms with Gasteiger partial charge in [-0.15, -0.1) is 0 Å². The van der Waals surface area contributed by atoms with Gasteiger partial charge in [0.25, 0.3) is 0 Å². The molecule has 0 aliphatic carbocycles. The smallest absolute Gasteiger partial charge is 0.250 e. The van der Waals surface area contributed by atoms with E-state index in [4.69, 9.17) is 39.7 Å². The molecule has 2 aliphatic rings. The molecule has 2 aromatic heterocycles. The number of ether oxygens (including phenoxy) is 7. The van der Waals surface area contributed by atoms with E-state index in [1.165, 1.54) is 72.8 Å². The van der Waals surface area contributed by atoms with Crippen LogP contribution in [0.15, 0.2) is 249 Å². The second-order valence-electron chi connectivity index (χ2n) is 34.0. The van der Waals surface area contributed by atoms with Crippen LogP contribution in [0.3, 0.4) is 0 Å². The number of hydrogen-bond donors (Lipinski definition) is 1. The lowest BCUT2D eigenvalue weighted by atomic mass is 9.77. The average Bonchev–Trinajstić information content (AvgIpc) is 1.08. The maximum Gasteiger partial charge on any atom is 0.250 e. The quantitative estimate of drug-likeness (QED) is 0.0277. The molecule has 0 spiro atoms. The van der Waals surface area contributed by atoms with Crippen molar-refractivity contribution in [1.29, 1.82) is 26.3 Å². The SMILES string of the molecule is C.C=C(C)NC(COc1ccc(S(=O)(=O)c2ccc(OCC(OC(=C)C)C(C)(C)C#N)cc2)cc1)C(C)(C)C#N.CC(C)(C#N)C(COc1ccc(S(=O)(=O)c2ccc(OCC(c3ccncc3)C(C)(C)C#N)cc2)cc1)c1ccncc1.[C-]#[N+]C(C)(C)C(COc1ccc(S(=O)(=O)c2ccc(OCC(N3CCCC3=O)C(C)(C)C#N)cc2)cc1)N1CCCC1=O. The third-order valence-corrected chi connectivity index (χ3v) is 27.4. The van der Waals surface area contributed by atoms with Crippen LogP contribution in [0.5, 0.6) is 34.5 Å². The molecular formula is C97H113N11O15S3. The summed E-state index contributed by atoms with van der Waals surface area (Å²) in [6.45, 7) is 42.5. The molecule has 8 aromatic rings. The fourth-order valence-corrected chi connectivity index (χ4v) is 17.4. The maximum absolute atomic E-state index is 13.3. The van der Waals surface area contributed by atoms with E-state index >= 15 is 0 Å². The molecule has 10 rings (SSSR count). The van der Waals surface area contributed by atoms with E-state index in [9.17, 15) is 61.2 Å². The molecule has 2 fully saturated rings. The standard InChI is InChI=1S/C34H34N4O4S.C32H38N4O6S.C30H37N3O5S.CH4/c1-33(2,23-35)31(25-13-17-37-18-14-25)21-41-27-5-9-29(10-6-27)43(39,40)30-11-7-28(8-12-30)42-22-32(34(3,4)24-36)26-15-19-38-20-16-26;1-31(2,22-33)27(35-18-6-8-29(35)37)20-41-23-10-14-25(15-11-23)43(39,40)26-16-12-24(13-17-26)42-21-28(32(3,4)34-5)36-19-7-9-30(36)38;1-21(2)33-27(29(5,6)19-31)17-36-23-9-13-25(14-10-23)39(34,35)26-15-11-24(12-16-26)37-18-28(38-22(3)4)30(7,8)20-32;/h5-20,31-32H,21-22H2,1-4H3;10-17,27-28H,6-9,18-21H2,1-4H3;9-16,27-28,33H,1,3,17-18H2,2,4-8H3;1H4. The zero-order chi connectivity index (χ0) is 91.9. The molecule has 2 amide bonds. The summed E-state index contributed by atoms with van der Waals surface area (Å²) in [6.07, 6.45) is 8.60. The monoisotopic (exact) mass is 1770 g/mol. The Morgan fingerprint density at radius 3 is 0.968 bits per heavy atom.